The number of nitro groups is 1. The van der Waals surface area contributed by atoms with Crippen molar-refractivity contribution >= 4 is 47.6 Å². The largest absolute Gasteiger partial charge is 0.514 e. The van der Waals surface area contributed by atoms with Gasteiger partial charge in [0.15, 0.2) is 5.78 Å². The molecule has 3 rings (SSSR count). The highest BCUT2D eigenvalue weighted by atomic mass is 16.7. The van der Waals surface area contributed by atoms with E-state index in [2.05, 4.69) is 11.9 Å². The predicted octanol–water partition coefficient (Wildman–Crippen LogP) is 6.86. The van der Waals surface area contributed by atoms with Crippen LogP contribution in [-0.2, 0) is 46.5 Å². The molecule has 0 fully saturated rings. The van der Waals surface area contributed by atoms with Gasteiger partial charge in [-0.05, 0) is 67.5 Å². The summed E-state index contributed by atoms with van der Waals surface area (Å²) in [4.78, 5) is 90.4. The quantitative estimate of drug-likeness (QED) is 0.0174. The zero-order chi connectivity index (χ0) is 47.9. The van der Waals surface area contributed by atoms with Gasteiger partial charge in [0, 0.05) is 56.8 Å². The van der Waals surface area contributed by atoms with E-state index in [1.54, 1.807) is 43.3 Å². The highest BCUT2D eigenvalue weighted by molar-refractivity contribution is 5.96. The molecule has 352 valence electrons. The monoisotopic (exact) mass is 907 g/mol. The number of rotatable bonds is 25. The molecule has 2 atom stereocenters. The number of ether oxygens (including phenoxy) is 7. The molecule has 0 aromatic heterocycles. The number of benzene rings is 3. The molecular formula is C45H57N5O15. The van der Waals surface area contributed by atoms with Crippen molar-refractivity contribution in [1.29, 1.82) is 0 Å². The summed E-state index contributed by atoms with van der Waals surface area (Å²) in [7, 11) is 5.19. The van der Waals surface area contributed by atoms with E-state index < -0.39 is 35.3 Å². The average Bonchev–Trinajstić information content (AvgIpc) is 3.26. The summed E-state index contributed by atoms with van der Waals surface area (Å²) in [5.74, 6) is -0.503. The highest BCUT2D eigenvalue weighted by Crippen LogP contribution is 2.20. The normalized spacial score (nSPS) is 11.7. The van der Waals surface area contributed by atoms with Gasteiger partial charge in [-0.15, -0.1) is 0 Å². The molecule has 0 bridgehead atoms. The Labute approximate surface area is 377 Å². The minimum Gasteiger partial charge on any atom is -0.445 e. The van der Waals surface area contributed by atoms with Crippen molar-refractivity contribution in [3.8, 4) is 11.5 Å². The second-order valence-electron chi connectivity index (χ2n) is 15.1. The Hall–Kier alpha value is -7.06. The molecule has 1 N–H and O–H groups in total. The van der Waals surface area contributed by atoms with Crippen LogP contribution in [0, 0.1) is 22.0 Å². The third-order valence-electron chi connectivity index (χ3n) is 9.34. The Balaban J connectivity index is 1.51. The molecule has 0 saturated carbocycles. The lowest BCUT2D eigenvalue weighted by molar-refractivity contribution is -0.384. The predicted molar refractivity (Wildman–Crippen MR) is 235 cm³/mol. The van der Waals surface area contributed by atoms with Gasteiger partial charge < -0.3 is 48.3 Å². The van der Waals surface area contributed by atoms with Crippen molar-refractivity contribution in [3.05, 3.63) is 107 Å². The number of nitrogens with zero attached hydrogens (tertiary/aromatic N) is 4. The molecule has 0 heterocycles. The van der Waals surface area contributed by atoms with Crippen LogP contribution < -0.4 is 14.8 Å². The minimum absolute atomic E-state index is 0.000564. The summed E-state index contributed by atoms with van der Waals surface area (Å²) in [5, 5.41) is 13.7. The molecule has 20 nitrogen and oxygen atoms in total. The van der Waals surface area contributed by atoms with Crippen molar-refractivity contribution < 1.29 is 66.8 Å². The van der Waals surface area contributed by atoms with Crippen molar-refractivity contribution in [3.63, 3.8) is 0 Å². The number of hydrogen-bond donors (Lipinski definition) is 1. The second-order valence-corrected chi connectivity index (χ2v) is 15.1. The summed E-state index contributed by atoms with van der Waals surface area (Å²) in [5.41, 5.74) is 1.54. The van der Waals surface area contributed by atoms with E-state index in [-0.39, 0.29) is 107 Å². The van der Waals surface area contributed by atoms with Gasteiger partial charge in [-0.25, -0.2) is 19.2 Å². The first-order valence-corrected chi connectivity index (χ1v) is 20.6. The minimum atomic E-state index is -1.03. The molecule has 3 aromatic rings. The standard InChI is InChI=1S/C45H57N5O15/c1-8-24-60-44(55)61-27-26-59-25-23-49(43(54)64-37-17-11-34(12-18-37)30-63-45(56)65-38-19-15-36(16-20-38)50(57)58)22-21-48(7)42(53)62-29-33-9-13-35(14-10-33)46-41(52)32(4)28-39(51)40(31(2)3)47(5)6/h8-20,31-32,40H,1,21-30H2,2-7H3,(H,46,52)/t32-,40+/m1/s1. The molecule has 0 aliphatic heterocycles. The molecule has 3 amide bonds. The fourth-order valence-corrected chi connectivity index (χ4v) is 5.98. The molecule has 0 aliphatic rings. The highest BCUT2D eigenvalue weighted by Gasteiger charge is 2.28. The third-order valence-corrected chi connectivity index (χ3v) is 9.34. The van der Waals surface area contributed by atoms with Crippen molar-refractivity contribution in [1.82, 2.24) is 14.7 Å². The van der Waals surface area contributed by atoms with Gasteiger partial charge in [0.05, 0.1) is 24.2 Å². The molecule has 0 spiro atoms. The van der Waals surface area contributed by atoms with Gasteiger partial charge in [-0.1, -0.05) is 57.7 Å². The van der Waals surface area contributed by atoms with E-state index in [1.807, 2.05) is 32.8 Å². The lowest BCUT2D eigenvalue weighted by Gasteiger charge is -2.27. The molecule has 20 heteroatoms. The summed E-state index contributed by atoms with van der Waals surface area (Å²) in [6, 6.07) is 17.4. The zero-order valence-electron chi connectivity index (χ0n) is 37.4. The van der Waals surface area contributed by atoms with E-state index in [4.69, 9.17) is 33.2 Å². The Morgan fingerprint density at radius 2 is 1.31 bits per heavy atom. The van der Waals surface area contributed by atoms with Crippen LogP contribution in [0.25, 0.3) is 0 Å². The van der Waals surface area contributed by atoms with Gasteiger partial charge in [-0.2, -0.15) is 0 Å². The molecule has 0 aliphatic carbocycles. The smallest absolute Gasteiger partial charge is 0.445 e. The van der Waals surface area contributed by atoms with Crippen LogP contribution in [0.15, 0.2) is 85.5 Å². The molecule has 0 saturated heterocycles. The average molecular weight is 908 g/mol. The summed E-state index contributed by atoms with van der Waals surface area (Å²) >= 11 is 0. The number of carbonyl (C=O) groups excluding carboxylic acids is 6. The lowest BCUT2D eigenvalue weighted by atomic mass is 9.92. The Bertz CT molecular complexity index is 2040. The first-order valence-electron chi connectivity index (χ1n) is 20.6. The van der Waals surface area contributed by atoms with Crippen LogP contribution in [0.1, 0.15) is 38.3 Å². The van der Waals surface area contributed by atoms with Crippen LogP contribution in [0.4, 0.5) is 30.6 Å². The first-order chi connectivity index (χ1) is 31.0. The van der Waals surface area contributed by atoms with E-state index in [0.717, 1.165) is 0 Å². The summed E-state index contributed by atoms with van der Waals surface area (Å²) < 4.78 is 36.4. The van der Waals surface area contributed by atoms with Crippen molar-refractivity contribution in [2.45, 2.75) is 46.4 Å². The molecule has 0 radical (unpaired) electrons. The van der Waals surface area contributed by atoms with Crippen molar-refractivity contribution in [2.75, 3.05) is 72.5 Å². The van der Waals surface area contributed by atoms with Crippen LogP contribution in [0.2, 0.25) is 0 Å². The number of ketones is 1. The van der Waals surface area contributed by atoms with Gasteiger partial charge in [0.2, 0.25) is 5.91 Å². The van der Waals surface area contributed by atoms with Crippen molar-refractivity contribution in [2.24, 2.45) is 11.8 Å². The number of likely N-dealkylation sites (N-methyl/N-ethyl adjacent to an activating group) is 2. The number of hydrogen-bond acceptors (Lipinski definition) is 16. The van der Waals surface area contributed by atoms with Gasteiger partial charge >= 0.3 is 24.5 Å². The number of nitrogens with one attached hydrogen (secondary N) is 1. The Morgan fingerprint density at radius 3 is 1.91 bits per heavy atom. The molecule has 65 heavy (non-hydrogen) atoms. The van der Waals surface area contributed by atoms with E-state index in [9.17, 15) is 38.9 Å². The number of nitro benzene ring substituents is 1. The van der Waals surface area contributed by atoms with E-state index in [1.165, 1.54) is 59.3 Å². The zero-order valence-corrected chi connectivity index (χ0v) is 37.4. The maximum absolute atomic E-state index is 13.4. The van der Waals surface area contributed by atoms with Gasteiger partial charge in [-0.3, -0.25) is 24.6 Å². The van der Waals surface area contributed by atoms with E-state index >= 15 is 0 Å². The molecule has 3 aromatic carbocycles. The maximum Gasteiger partial charge on any atom is 0.514 e. The van der Waals surface area contributed by atoms with Gasteiger partial charge in [0.1, 0.15) is 37.9 Å². The summed E-state index contributed by atoms with van der Waals surface area (Å²) in [6.07, 6.45) is -1.85. The fourth-order valence-electron chi connectivity index (χ4n) is 5.98. The van der Waals surface area contributed by atoms with E-state index in [0.29, 0.717) is 16.8 Å². The van der Waals surface area contributed by atoms with Crippen LogP contribution in [-0.4, -0.2) is 129 Å². The summed E-state index contributed by atoms with van der Waals surface area (Å²) in [6.45, 7) is 8.82. The first kappa shape index (κ1) is 52.3. The number of Topliss-reactive ketones (excluding diaryl/α,β-unsaturated/α-hetero) is 1. The van der Waals surface area contributed by atoms with Crippen LogP contribution in [0.5, 0.6) is 11.5 Å². The van der Waals surface area contributed by atoms with Gasteiger partial charge in [0.25, 0.3) is 5.69 Å². The lowest BCUT2D eigenvalue weighted by Crippen LogP contribution is -2.42. The number of carbonyl (C=O) groups is 6. The third kappa shape index (κ3) is 19.1. The maximum atomic E-state index is 13.4. The fraction of sp³-hybridized carbons (Fsp3) is 0.422. The number of non-ortho nitro benzene ring substituents is 1. The number of amides is 3. The SMILES string of the molecule is C=CCOC(=O)OCCOCCN(CCN(C)C(=O)OCc1ccc(NC(=O)[C@H](C)CC(=O)[C@H](C(C)C)N(C)C)cc1)C(=O)Oc1ccc(COC(=O)Oc2ccc([N+](=O)[O-])cc2)cc1. The molecular weight excluding hydrogens is 851 g/mol. The van der Waals surface area contributed by atoms with Crippen LogP contribution in [0.3, 0.4) is 0 Å². The Kier molecular flexibility index (Phi) is 21.9. The Morgan fingerprint density at radius 1 is 0.708 bits per heavy atom. The molecule has 0 unspecified atom stereocenters. The number of anilines is 1. The topological polar surface area (TPSA) is 232 Å². The van der Waals surface area contributed by atoms with Crippen LogP contribution >= 0.6 is 0 Å². The second kappa shape index (κ2) is 27.2.